The molecule has 0 aliphatic rings. The van der Waals surface area contributed by atoms with Crippen molar-refractivity contribution < 1.29 is 41.5 Å². The minimum absolute atomic E-state index is 0.0588. The first kappa shape index (κ1) is 23.5. The molecule has 8 nitrogen and oxygen atoms in total. The monoisotopic (exact) mass is 386 g/mol. The van der Waals surface area contributed by atoms with Crippen molar-refractivity contribution in [1.29, 1.82) is 0 Å². The van der Waals surface area contributed by atoms with Crippen LogP contribution in [0.15, 0.2) is 12.1 Å². The van der Waals surface area contributed by atoms with Crippen LogP contribution in [0.2, 0.25) is 0 Å². The van der Waals surface area contributed by atoms with Gasteiger partial charge in [-0.1, -0.05) is 0 Å². The molecule has 1 atom stereocenters. The van der Waals surface area contributed by atoms with Crippen LogP contribution >= 0.6 is 0 Å². The number of alkyl halides is 3. The lowest BCUT2D eigenvalue weighted by Gasteiger charge is -2.09. The van der Waals surface area contributed by atoms with E-state index in [0.717, 1.165) is 6.07 Å². The summed E-state index contributed by atoms with van der Waals surface area (Å²) in [5.74, 6) is -2.51. The summed E-state index contributed by atoms with van der Waals surface area (Å²) in [5.41, 5.74) is 5.43. The van der Waals surface area contributed by atoms with Crippen molar-refractivity contribution in [2.45, 2.75) is 32.9 Å². The van der Waals surface area contributed by atoms with E-state index in [2.05, 4.69) is 9.47 Å². The minimum atomic E-state index is -4.83. The Morgan fingerprint density at radius 2 is 1.96 bits per heavy atom. The summed E-state index contributed by atoms with van der Waals surface area (Å²) in [6.07, 6.45) is -4.83. The number of carbonyl (C=O) groups excluding carboxylic acids is 1. The molecule has 0 heterocycles. The maximum atomic E-state index is 13.5. The number of nitro groups is 1. The summed E-state index contributed by atoms with van der Waals surface area (Å²) in [5, 5.41) is 10.8. The van der Waals surface area contributed by atoms with Gasteiger partial charge in [0.25, 0.3) is 0 Å². The van der Waals surface area contributed by atoms with Crippen LogP contribution in [0.5, 0.6) is 5.75 Å². The van der Waals surface area contributed by atoms with Crippen LogP contribution in [0, 0.1) is 15.9 Å². The van der Waals surface area contributed by atoms with Crippen LogP contribution < -0.4 is 10.5 Å². The number of carbonyl (C=O) groups is 1. The molecule has 0 aliphatic heterocycles. The molecular weight excluding hydrogens is 368 g/mol. The van der Waals surface area contributed by atoms with Gasteiger partial charge in [-0.2, -0.15) is 0 Å². The smallest absolute Gasteiger partial charge is 0.488 e. The summed E-state index contributed by atoms with van der Waals surface area (Å²) in [7, 11) is 1.18. The highest BCUT2D eigenvalue weighted by atomic mass is 19.4. The zero-order valence-electron chi connectivity index (χ0n) is 14.1. The number of hydrogen-bond donors (Lipinski definition) is 1. The molecule has 0 bridgehead atoms. The van der Waals surface area contributed by atoms with Crippen molar-refractivity contribution in [3.63, 3.8) is 0 Å². The van der Waals surface area contributed by atoms with Crippen LogP contribution in [0.4, 0.5) is 23.2 Å². The number of nitro benzene ring substituents is 1. The normalized spacial score (nSPS) is 11.8. The van der Waals surface area contributed by atoms with E-state index in [0.29, 0.717) is 19.1 Å². The highest BCUT2D eigenvalue weighted by molar-refractivity contribution is 5.66. The van der Waals surface area contributed by atoms with Gasteiger partial charge in [-0.3, -0.25) is 14.9 Å². The van der Waals surface area contributed by atoms with Crippen molar-refractivity contribution in [3.8, 4) is 5.75 Å². The van der Waals surface area contributed by atoms with Crippen molar-refractivity contribution in [2.75, 3.05) is 13.7 Å². The van der Waals surface area contributed by atoms with E-state index in [1.807, 2.05) is 0 Å². The highest BCUT2D eigenvalue weighted by Crippen LogP contribution is 2.31. The second-order valence-corrected chi connectivity index (χ2v) is 4.92. The Bertz CT molecular complexity index is 622. The van der Waals surface area contributed by atoms with Gasteiger partial charge in [0.1, 0.15) is 0 Å². The molecule has 0 aromatic heterocycles. The average Bonchev–Trinajstić information content (AvgIpc) is 2.44. The zero-order valence-corrected chi connectivity index (χ0v) is 14.1. The molecule has 12 heteroatoms. The molecule has 1 unspecified atom stereocenters. The topological polar surface area (TPSA) is 114 Å². The van der Waals surface area contributed by atoms with E-state index in [9.17, 15) is 32.5 Å². The summed E-state index contributed by atoms with van der Waals surface area (Å²) in [6.45, 7) is 2.80. The Morgan fingerprint density at radius 3 is 2.31 bits per heavy atom. The number of rotatable bonds is 6. The highest BCUT2D eigenvalue weighted by Gasteiger charge is 2.32. The quantitative estimate of drug-likeness (QED) is 0.346. The maximum Gasteiger partial charge on any atom is 0.575 e. The minimum Gasteiger partial charge on any atom is -0.488 e. The average molecular weight is 386 g/mol. The maximum absolute atomic E-state index is 13.5. The number of nitrogens with zero attached hydrogens (tertiary/aromatic N) is 1. The third-order valence-corrected chi connectivity index (χ3v) is 2.39. The first-order chi connectivity index (χ1) is 11.9. The lowest BCUT2D eigenvalue weighted by molar-refractivity contribution is -0.386. The Kier molecular flexibility index (Phi) is 9.51. The van der Waals surface area contributed by atoms with Gasteiger partial charge in [-0.05, 0) is 18.6 Å². The van der Waals surface area contributed by atoms with E-state index in [1.165, 1.54) is 13.2 Å². The van der Waals surface area contributed by atoms with Crippen molar-refractivity contribution in [3.05, 3.63) is 33.6 Å². The molecule has 0 aliphatic carbocycles. The van der Waals surface area contributed by atoms with Crippen molar-refractivity contribution in [2.24, 2.45) is 5.73 Å². The van der Waals surface area contributed by atoms with Gasteiger partial charge in [0.2, 0.25) is 5.75 Å². The number of benzene rings is 1. The van der Waals surface area contributed by atoms with Crippen LogP contribution in [0.3, 0.4) is 0 Å². The van der Waals surface area contributed by atoms with Crippen LogP contribution in [-0.2, 0) is 20.9 Å². The molecule has 0 radical (unpaired) electrons. The summed E-state index contributed by atoms with van der Waals surface area (Å²) in [6, 6.07) is 2.22. The summed E-state index contributed by atoms with van der Waals surface area (Å²) in [4.78, 5) is 19.6. The van der Waals surface area contributed by atoms with Crippen LogP contribution in [0.1, 0.15) is 19.4 Å². The molecule has 0 spiro atoms. The summed E-state index contributed by atoms with van der Waals surface area (Å²) < 4.78 is 58.8. The first-order valence-electron chi connectivity index (χ1n) is 6.97. The molecule has 1 aromatic carbocycles. The SMILES string of the molecule is CC(=O)OC(F)(F)F.COc1c(F)cc(COCC(C)N)cc1[N+](=O)[O-]. The van der Waals surface area contributed by atoms with E-state index >= 15 is 0 Å². The second-order valence-electron chi connectivity index (χ2n) is 4.92. The van der Waals surface area contributed by atoms with E-state index in [1.54, 1.807) is 6.92 Å². The number of nitrogens with two attached hydrogens (primary N) is 1. The van der Waals surface area contributed by atoms with Gasteiger partial charge >= 0.3 is 18.0 Å². The number of halogens is 4. The third-order valence-electron chi connectivity index (χ3n) is 2.39. The van der Waals surface area contributed by atoms with Crippen LogP contribution in [0.25, 0.3) is 0 Å². The standard InChI is InChI=1S/C11H15FN2O4.C3H3F3O2/c1-7(13)5-18-6-8-3-9(12)11(17-2)10(4-8)14(15)16;1-2(7)8-3(4,5)6/h3-4,7H,5-6,13H2,1-2H3;1H3. The Balaban J connectivity index is 0.000000660. The fourth-order valence-electron chi connectivity index (χ4n) is 1.58. The third kappa shape index (κ3) is 9.74. The Labute approximate surface area is 146 Å². The lowest BCUT2D eigenvalue weighted by atomic mass is 10.2. The molecular formula is C14H18F4N2O6. The number of esters is 1. The Morgan fingerprint density at radius 1 is 1.38 bits per heavy atom. The first-order valence-corrected chi connectivity index (χ1v) is 6.97. The van der Waals surface area contributed by atoms with Gasteiger partial charge in [0, 0.05) is 19.0 Å². The number of hydrogen-bond acceptors (Lipinski definition) is 7. The molecule has 0 fully saturated rings. The van der Waals surface area contributed by atoms with Crippen molar-refractivity contribution >= 4 is 11.7 Å². The number of ether oxygens (including phenoxy) is 3. The second kappa shape index (κ2) is 10.5. The fraction of sp³-hybridized carbons (Fsp3) is 0.500. The molecule has 148 valence electrons. The molecule has 2 N–H and O–H groups in total. The summed E-state index contributed by atoms with van der Waals surface area (Å²) >= 11 is 0. The number of methoxy groups -OCH3 is 1. The van der Waals surface area contributed by atoms with E-state index < -0.39 is 28.8 Å². The molecule has 0 saturated heterocycles. The van der Waals surface area contributed by atoms with Gasteiger partial charge in [-0.15, -0.1) is 13.2 Å². The molecule has 1 aromatic rings. The zero-order chi connectivity index (χ0) is 20.5. The van der Waals surface area contributed by atoms with Crippen LogP contribution in [-0.4, -0.2) is 37.0 Å². The van der Waals surface area contributed by atoms with Gasteiger partial charge < -0.3 is 19.9 Å². The van der Waals surface area contributed by atoms with Gasteiger partial charge in [0.05, 0.1) is 25.2 Å². The van der Waals surface area contributed by atoms with E-state index in [-0.39, 0.29) is 18.4 Å². The molecule has 26 heavy (non-hydrogen) atoms. The Hall–Kier alpha value is -2.47. The van der Waals surface area contributed by atoms with Crippen molar-refractivity contribution in [1.82, 2.24) is 0 Å². The lowest BCUT2D eigenvalue weighted by Crippen LogP contribution is -2.21. The molecule has 0 saturated carbocycles. The van der Waals surface area contributed by atoms with E-state index in [4.69, 9.17) is 10.5 Å². The predicted molar refractivity (Wildman–Crippen MR) is 80.7 cm³/mol. The molecule has 1 rings (SSSR count). The fourth-order valence-corrected chi connectivity index (χ4v) is 1.58. The van der Waals surface area contributed by atoms with Gasteiger partial charge in [-0.25, -0.2) is 4.39 Å². The largest absolute Gasteiger partial charge is 0.575 e. The predicted octanol–water partition coefficient (Wildman–Crippen LogP) is 2.68. The van der Waals surface area contributed by atoms with Gasteiger partial charge in [0.15, 0.2) is 5.82 Å². The molecule has 0 amide bonds.